The molecular weight excluding hydrogens is 399 g/mol. The summed E-state index contributed by atoms with van der Waals surface area (Å²) in [7, 11) is 0. The normalized spacial score (nSPS) is 15.3. The summed E-state index contributed by atoms with van der Waals surface area (Å²) < 4.78 is 5.32. The van der Waals surface area contributed by atoms with Gasteiger partial charge >= 0.3 is 0 Å². The third-order valence-corrected chi connectivity index (χ3v) is 4.40. The van der Waals surface area contributed by atoms with Crippen LogP contribution in [0.5, 0.6) is 0 Å². The van der Waals surface area contributed by atoms with E-state index in [2.05, 4.69) is 15.3 Å². The van der Waals surface area contributed by atoms with E-state index in [1.807, 2.05) is 17.5 Å². The summed E-state index contributed by atoms with van der Waals surface area (Å²) in [4.78, 5) is 8.80. The van der Waals surface area contributed by atoms with Gasteiger partial charge in [0.05, 0.1) is 18.5 Å². The van der Waals surface area contributed by atoms with Crippen molar-refractivity contribution in [3.63, 3.8) is 0 Å². The SMILES string of the molecule is I.NC(=NCc1csc(-c2ccco2)n1)NCC1CCC1. The Bertz CT molecular complexity index is 578. The van der Waals surface area contributed by atoms with Gasteiger partial charge in [-0.3, -0.25) is 0 Å². The highest BCUT2D eigenvalue weighted by molar-refractivity contribution is 14.0. The molecular formula is C14H19IN4OS. The van der Waals surface area contributed by atoms with Gasteiger partial charge in [-0.05, 0) is 30.9 Å². The molecule has 2 aromatic rings. The zero-order chi connectivity index (χ0) is 13.8. The van der Waals surface area contributed by atoms with E-state index in [0.717, 1.165) is 28.9 Å². The van der Waals surface area contributed by atoms with Crippen LogP contribution < -0.4 is 11.1 Å². The molecule has 5 nitrogen and oxygen atoms in total. The molecule has 0 saturated heterocycles. The number of hydrogen-bond donors (Lipinski definition) is 2. The number of nitrogens with zero attached hydrogens (tertiary/aromatic N) is 2. The summed E-state index contributed by atoms with van der Waals surface area (Å²) in [6.45, 7) is 1.44. The van der Waals surface area contributed by atoms with Crippen LogP contribution in [0.15, 0.2) is 33.2 Å². The largest absolute Gasteiger partial charge is 0.462 e. The van der Waals surface area contributed by atoms with Crippen LogP contribution >= 0.6 is 35.3 Å². The molecule has 0 atom stereocenters. The molecule has 0 aromatic carbocycles. The maximum atomic E-state index is 5.85. The van der Waals surface area contributed by atoms with E-state index in [1.165, 1.54) is 19.3 Å². The lowest BCUT2D eigenvalue weighted by Gasteiger charge is -2.25. The fourth-order valence-electron chi connectivity index (χ4n) is 2.06. The number of guanidine groups is 1. The number of furan rings is 1. The van der Waals surface area contributed by atoms with Crippen LogP contribution in [0.1, 0.15) is 25.0 Å². The van der Waals surface area contributed by atoms with Crippen molar-refractivity contribution in [3.8, 4) is 10.8 Å². The number of nitrogens with one attached hydrogen (secondary N) is 1. The molecule has 1 saturated carbocycles. The Hall–Kier alpha value is -1.09. The Morgan fingerprint density at radius 3 is 3.05 bits per heavy atom. The second-order valence-corrected chi connectivity index (χ2v) is 5.86. The molecule has 3 N–H and O–H groups in total. The molecule has 0 aliphatic heterocycles. The lowest BCUT2D eigenvalue weighted by atomic mass is 9.85. The summed E-state index contributed by atoms with van der Waals surface area (Å²) >= 11 is 1.55. The molecule has 1 aliphatic rings. The predicted molar refractivity (Wildman–Crippen MR) is 95.9 cm³/mol. The number of rotatable bonds is 5. The molecule has 3 rings (SSSR count). The molecule has 7 heteroatoms. The van der Waals surface area contributed by atoms with Crippen molar-refractivity contribution in [1.82, 2.24) is 10.3 Å². The van der Waals surface area contributed by atoms with Gasteiger partial charge < -0.3 is 15.5 Å². The van der Waals surface area contributed by atoms with Gasteiger partial charge in [-0.2, -0.15) is 0 Å². The number of nitrogens with two attached hydrogens (primary N) is 1. The molecule has 0 spiro atoms. The minimum absolute atomic E-state index is 0. The summed E-state index contributed by atoms with van der Waals surface area (Å²) in [6.07, 6.45) is 5.60. The number of aliphatic imine (C=N–C) groups is 1. The molecule has 0 unspecified atom stereocenters. The summed E-state index contributed by atoms with van der Waals surface area (Å²) in [5.74, 6) is 2.07. The highest BCUT2D eigenvalue weighted by Gasteiger charge is 2.16. The van der Waals surface area contributed by atoms with E-state index < -0.39 is 0 Å². The van der Waals surface area contributed by atoms with Crippen molar-refractivity contribution in [2.45, 2.75) is 25.8 Å². The van der Waals surface area contributed by atoms with Crippen molar-refractivity contribution in [2.24, 2.45) is 16.6 Å². The van der Waals surface area contributed by atoms with Crippen LogP contribution in [0.3, 0.4) is 0 Å². The first-order valence-electron chi connectivity index (χ1n) is 6.83. The minimum atomic E-state index is 0. The van der Waals surface area contributed by atoms with Gasteiger partial charge in [-0.1, -0.05) is 6.42 Å². The van der Waals surface area contributed by atoms with Gasteiger partial charge in [0.2, 0.25) is 0 Å². The first kappa shape index (κ1) is 16.3. The molecule has 114 valence electrons. The van der Waals surface area contributed by atoms with Crippen molar-refractivity contribution in [2.75, 3.05) is 6.54 Å². The molecule has 0 amide bonds. The Morgan fingerprint density at radius 1 is 1.52 bits per heavy atom. The van der Waals surface area contributed by atoms with Gasteiger partial charge in [-0.15, -0.1) is 35.3 Å². The second kappa shape index (κ2) is 7.79. The highest BCUT2D eigenvalue weighted by atomic mass is 127. The van der Waals surface area contributed by atoms with Crippen LogP contribution in [-0.4, -0.2) is 17.5 Å². The standard InChI is InChI=1S/C14H18N4OS.HI/c15-14(16-7-10-3-1-4-10)17-8-11-9-20-13(18-11)12-5-2-6-19-12;/h2,5-6,9-10H,1,3-4,7-8H2,(H3,15,16,17);1H. The van der Waals surface area contributed by atoms with Crippen molar-refractivity contribution in [1.29, 1.82) is 0 Å². The van der Waals surface area contributed by atoms with Crippen LogP contribution in [0.4, 0.5) is 0 Å². The third-order valence-electron chi connectivity index (χ3n) is 3.49. The molecule has 2 heterocycles. The zero-order valence-corrected chi connectivity index (χ0v) is 14.8. The van der Waals surface area contributed by atoms with Gasteiger partial charge in [0, 0.05) is 11.9 Å². The van der Waals surface area contributed by atoms with Crippen LogP contribution in [0.2, 0.25) is 0 Å². The Balaban J connectivity index is 0.00000161. The molecule has 21 heavy (non-hydrogen) atoms. The highest BCUT2D eigenvalue weighted by Crippen LogP contribution is 2.25. The van der Waals surface area contributed by atoms with Crippen molar-refractivity contribution in [3.05, 3.63) is 29.5 Å². The maximum Gasteiger partial charge on any atom is 0.188 e. The Labute approximate surface area is 145 Å². The van der Waals surface area contributed by atoms with Crippen LogP contribution in [0, 0.1) is 5.92 Å². The Kier molecular flexibility index (Phi) is 6.04. The van der Waals surface area contributed by atoms with Crippen molar-refractivity contribution >= 4 is 41.3 Å². The first-order valence-corrected chi connectivity index (χ1v) is 7.71. The van der Waals surface area contributed by atoms with E-state index >= 15 is 0 Å². The maximum absolute atomic E-state index is 5.85. The van der Waals surface area contributed by atoms with E-state index in [4.69, 9.17) is 10.2 Å². The van der Waals surface area contributed by atoms with Gasteiger partial charge in [0.25, 0.3) is 0 Å². The lowest BCUT2D eigenvalue weighted by molar-refractivity contribution is 0.315. The topological polar surface area (TPSA) is 76.4 Å². The number of hydrogen-bond acceptors (Lipinski definition) is 4. The quantitative estimate of drug-likeness (QED) is 0.444. The minimum Gasteiger partial charge on any atom is -0.462 e. The van der Waals surface area contributed by atoms with Gasteiger partial charge in [-0.25, -0.2) is 9.98 Å². The average Bonchev–Trinajstić information content (AvgIpc) is 3.05. The number of aromatic nitrogens is 1. The third kappa shape index (κ3) is 4.44. The van der Waals surface area contributed by atoms with E-state index in [1.54, 1.807) is 17.6 Å². The Morgan fingerprint density at radius 2 is 2.38 bits per heavy atom. The molecule has 2 aromatic heterocycles. The van der Waals surface area contributed by atoms with E-state index in [9.17, 15) is 0 Å². The fraction of sp³-hybridized carbons (Fsp3) is 0.429. The van der Waals surface area contributed by atoms with Crippen LogP contribution in [-0.2, 0) is 6.54 Å². The number of halogens is 1. The van der Waals surface area contributed by atoms with Gasteiger partial charge in [0.1, 0.15) is 0 Å². The van der Waals surface area contributed by atoms with E-state index in [-0.39, 0.29) is 24.0 Å². The number of thiazole rings is 1. The smallest absolute Gasteiger partial charge is 0.188 e. The molecule has 1 fully saturated rings. The van der Waals surface area contributed by atoms with Crippen LogP contribution in [0.25, 0.3) is 10.8 Å². The lowest BCUT2D eigenvalue weighted by Crippen LogP contribution is -2.37. The molecule has 0 bridgehead atoms. The van der Waals surface area contributed by atoms with E-state index in [0.29, 0.717) is 12.5 Å². The summed E-state index contributed by atoms with van der Waals surface area (Å²) in [5, 5.41) is 6.04. The monoisotopic (exact) mass is 418 g/mol. The molecule has 1 aliphatic carbocycles. The molecule has 0 radical (unpaired) electrons. The van der Waals surface area contributed by atoms with Crippen molar-refractivity contribution < 1.29 is 4.42 Å². The zero-order valence-electron chi connectivity index (χ0n) is 11.6. The summed E-state index contributed by atoms with van der Waals surface area (Å²) in [6, 6.07) is 3.76. The first-order chi connectivity index (χ1) is 9.81. The summed E-state index contributed by atoms with van der Waals surface area (Å²) in [5.41, 5.74) is 6.76. The average molecular weight is 418 g/mol. The fourth-order valence-corrected chi connectivity index (χ4v) is 2.84. The second-order valence-electron chi connectivity index (χ2n) is 5.00. The van der Waals surface area contributed by atoms with Gasteiger partial charge in [0.15, 0.2) is 16.7 Å². The predicted octanol–water partition coefficient (Wildman–Crippen LogP) is 3.23.